The summed E-state index contributed by atoms with van der Waals surface area (Å²) in [5.41, 5.74) is 0.640. The van der Waals surface area contributed by atoms with E-state index in [4.69, 9.17) is 9.15 Å². The molecule has 0 aliphatic heterocycles. The van der Waals surface area contributed by atoms with Crippen LogP contribution in [0.25, 0.3) is 22.1 Å². The summed E-state index contributed by atoms with van der Waals surface area (Å²) in [6.45, 7) is 5.10. The highest BCUT2D eigenvalue weighted by molar-refractivity contribution is 7.15. The van der Waals surface area contributed by atoms with Gasteiger partial charge in [0, 0.05) is 16.3 Å². The van der Waals surface area contributed by atoms with Gasteiger partial charge in [0.2, 0.25) is 0 Å². The van der Waals surface area contributed by atoms with Gasteiger partial charge in [0.1, 0.15) is 27.5 Å². The molecule has 0 saturated carbocycles. The summed E-state index contributed by atoms with van der Waals surface area (Å²) >= 11 is 1.08. The van der Waals surface area contributed by atoms with E-state index in [0.29, 0.717) is 16.7 Å². The number of carbonyl (C=O) groups excluding carboxylic acids is 2. The van der Waals surface area contributed by atoms with Crippen molar-refractivity contribution in [3.8, 4) is 16.9 Å². The van der Waals surface area contributed by atoms with E-state index in [2.05, 4.69) is 10.1 Å². The molecule has 35 heavy (non-hydrogen) atoms. The lowest BCUT2D eigenvalue weighted by molar-refractivity contribution is -0.274. The first-order valence-electron chi connectivity index (χ1n) is 10.4. The van der Waals surface area contributed by atoms with Crippen LogP contribution in [0.5, 0.6) is 5.75 Å². The van der Waals surface area contributed by atoms with Gasteiger partial charge in [-0.15, -0.1) is 24.5 Å². The highest BCUT2D eigenvalue weighted by Crippen LogP contribution is 2.38. The van der Waals surface area contributed by atoms with Gasteiger partial charge in [0.05, 0.1) is 0 Å². The molecule has 0 radical (unpaired) electrons. The normalized spacial score (nSPS) is 11.9. The molecule has 1 N–H and O–H groups in total. The number of anilines is 1. The number of thiophene rings is 1. The highest BCUT2D eigenvalue weighted by atomic mass is 32.1. The lowest BCUT2D eigenvalue weighted by Gasteiger charge is -2.20. The molecule has 4 aromatic rings. The third kappa shape index (κ3) is 5.83. The Kier molecular flexibility index (Phi) is 6.33. The van der Waals surface area contributed by atoms with E-state index >= 15 is 0 Å². The van der Waals surface area contributed by atoms with E-state index in [-0.39, 0.29) is 16.3 Å². The number of fused-ring (bicyclic) bond motifs is 1. The van der Waals surface area contributed by atoms with E-state index in [0.717, 1.165) is 28.9 Å². The van der Waals surface area contributed by atoms with Crippen LogP contribution in [0.3, 0.4) is 0 Å². The molecule has 2 aromatic carbocycles. The van der Waals surface area contributed by atoms with Crippen LogP contribution in [-0.4, -0.2) is 23.8 Å². The predicted octanol–water partition coefficient (Wildman–Crippen LogP) is 7.27. The number of benzene rings is 2. The quantitative estimate of drug-likeness (QED) is 0.290. The summed E-state index contributed by atoms with van der Waals surface area (Å²) in [5, 5.41) is 5.28. The number of alkyl halides is 3. The van der Waals surface area contributed by atoms with Crippen molar-refractivity contribution in [3.05, 3.63) is 71.3 Å². The Bertz CT molecular complexity index is 1350. The molecule has 2 heterocycles. The SMILES string of the molecule is CC(C)(C)OC(=O)c1c(-c2ccc(OC(F)(F)F)cc2)csc1NC(=O)c1cc2ccccc2o1. The summed E-state index contributed by atoms with van der Waals surface area (Å²) in [5.74, 6) is -1.59. The molecular weight excluding hydrogens is 483 g/mol. The lowest BCUT2D eigenvalue weighted by atomic mass is 10.0. The first-order valence-corrected chi connectivity index (χ1v) is 11.3. The average Bonchev–Trinajstić information content (AvgIpc) is 3.36. The highest BCUT2D eigenvalue weighted by Gasteiger charge is 2.31. The number of hydrogen-bond acceptors (Lipinski definition) is 6. The van der Waals surface area contributed by atoms with Gasteiger partial charge >= 0.3 is 12.3 Å². The van der Waals surface area contributed by atoms with E-state index < -0.39 is 29.6 Å². The number of esters is 1. The lowest BCUT2D eigenvalue weighted by Crippen LogP contribution is -2.25. The summed E-state index contributed by atoms with van der Waals surface area (Å²) in [6, 6.07) is 13.8. The Balaban J connectivity index is 1.68. The summed E-state index contributed by atoms with van der Waals surface area (Å²) in [7, 11) is 0. The number of nitrogens with one attached hydrogen (secondary N) is 1. The van der Waals surface area contributed by atoms with Crippen LogP contribution in [0, 0.1) is 0 Å². The van der Waals surface area contributed by atoms with Gasteiger partial charge in [0.25, 0.3) is 5.91 Å². The zero-order chi connectivity index (χ0) is 25.4. The fourth-order valence-electron chi connectivity index (χ4n) is 3.29. The minimum atomic E-state index is -4.82. The van der Waals surface area contributed by atoms with Crippen LogP contribution in [-0.2, 0) is 4.74 Å². The van der Waals surface area contributed by atoms with Crippen LogP contribution < -0.4 is 10.1 Å². The minimum absolute atomic E-state index is 0.0601. The number of halogens is 3. The third-order valence-electron chi connectivity index (χ3n) is 4.67. The largest absolute Gasteiger partial charge is 0.573 e. The van der Waals surface area contributed by atoms with E-state index in [9.17, 15) is 22.8 Å². The standard InChI is InChI=1S/C25H20F3NO5S/c1-24(2,3)34-23(31)20-17(14-8-10-16(11-9-14)33-25(26,27)28)13-35-22(20)29-21(30)19-12-15-6-4-5-7-18(15)32-19/h4-13H,1-3H3,(H,29,30). The Morgan fingerprint density at radius 2 is 1.69 bits per heavy atom. The Morgan fingerprint density at radius 3 is 2.31 bits per heavy atom. The molecule has 0 saturated heterocycles. The zero-order valence-corrected chi connectivity index (χ0v) is 19.7. The van der Waals surface area contributed by atoms with Gasteiger partial charge in [-0.05, 0) is 50.6 Å². The average molecular weight is 503 g/mol. The Hall–Kier alpha value is -3.79. The fourth-order valence-corrected chi connectivity index (χ4v) is 4.24. The smallest absolute Gasteiger partial charge is 0.456 e. The maximum absolute atomic E-state index is 13.1. The Morgan fingerprint density at radius 1 is 1.00 bits per heavy atom. The van der Waals surface area contributed by atoms with Gasteiger partial charge in [-0.2, -0.15) is 0 Å². The molecule has 6 nitrogen and oxygen atoms in total. The second kappa shape index (κ2) is 9.10. The van der Waals surface area contributed by atoms with Crippen LogP contribution >= 0.6 is 11.3 Å². The molecule has 182 valence electrons. The van der Waals surface area contributed by atoms with Gasteiger partial charge < -0.3 is 19.2 Å². The molecule has 2 aromatic heterocycles. The second-order valence-corrected chi connectivity index (χ2v) is 9.41. The molecule has 0 aliphatic rings. The maximum atomic E-state index is 13.1. The zero-order valence-electron chi connectivity index (χ0n) is 18.9. The Labute approximate surface area is 202 Å². The molecule has 0 unspecified atom stereocenters. The first kappa shape index (κ1) is 24.3. The van der Waals surface area contributed by atoms with Crippen LogP contribution in [0.2, 0.25) is 0 Å². The van der Waals surface area contributed by atoms with Crippen molar-refractivity contribution in [2.24, 2.45) is 0 Å². The van der Waals surface area contributed by atoms with Crippen molar-refractivity contribution in [2.75, 3.05) is 5.32 Å². The first-order chi connectivity index (χ1) is 16.4. The van der Waals surface area contributed by atoms with Crippen LogP contribution in [0.4, 0.5) is 18.2 Å². The molecule has 0 spiro atoms. The van der Waals surface area contributed by atoms with Gasteiger partial charge in [-0.1, -0.05) is 30.3 Å². The topological polar surface area (TPSA) is 77.8 Å². The summed E-state index contributed by atoms with van der Waals surface area (Å²) in [6.07, 6.45) is -4.82. The molecule has 10 heteroatoms. The van der Waals surface area contributed by atoms with Crippen molar-refractivity contribution >= 4 is 39.2 Å². The van der Waals surface area contributed by atoms with Gasteiger partial charge in [-0.3, -0.25) is 4.79 Å². The van der Waals surface area contributed by atoms with Crippen LogP contribution in [0.15, 0.2) is 64.4 Å². The van der Waals surface area contributed by atoms with Crippen molar-refractivity contribution in [1.29, 1.82) is 0 Å². The molecule has 1 amide bonds. The molecule has 4 rings (SSSR count). The number of para-hydroxylation sites is 1. The number of carbonyl (C=O) groups is 2. The number of ether oxygens (including phenoxy) is 2. The van der Waals surface area contributed by atoms with Gasteiger partial charge in [0.15, 0.2) is 5.76 Å². The second-order valence-electron chi connectivity index (χ2n) is 8.53. The molecule has 0 fully saturated rings. The number of hydrogen-bond donors (Lipinski definition) is 1. The molecule has 0 atom stereocenters. The maximum Gasteiger partial charge on any atom is 0.573 e. The van der Waals surface area contributed by atoms with Crippen molar-refractivity contribution in [3.63, 3.8) is 0 Å². The molecule has 0 aliphatic carbocycles. The van der Waals surface area contributed by atoms with Crippen molar-refractivity contribution in [1.82, 2.24) is 0 Å². The van der Waals surface area contributed by atoms with Crippen molar-refractivity contribution in [2.45, 2.75) is 32.7 Å². The minimum Gasteiger partial charge on any atom is -0.456 e. The molecular formula is C25H20F3NO5S. The molecule has 0 bridgehead atoms. The van der Waals surface area contributed by atoms with E-state index in [1.807, 2.05) is 6.07 Å². The van der Waals surface area contributed by atoms with Crippen LogP contribution in [0.1, 0.15) is 41.7 Å². The number of furan rings is 1. The predicted molar refractivity (Wildman–Crippen MR) is 126 cm³/mol. The van der Waals surface area contributed by atoms with Gasteiger partial charge in [-0.25, -0.2) is 4.79 Å². The monoisotopic (exact) mass is 503 g/mol. The third-order valence-corrected chi connectivity index (χ3v) is 5.56. The summed E-state index contributed by atoms with van der Waals surface area (Å²) < 4.78 is 52.5. The fraction of sp³-hybridized carbons (Fsp3) is 0.200. The van der Waals surface area contributed by atoms with Crippen molar-refractivity contribution < 1.29 is 36.7 Å². The van der Waals surface area contributed by atoms with E-state index in [1.165, 1.54) is 12.1 Å². The number of amides is 1. The van der Waals surface area contributed by atoms with E-state index in [1.54, 1.807) is 50.4 Å². The number of rotatable bonds is 5. The summed E-state index contributed by atoms with van der Waals surface area (Å²) in [4.78, 5) is 26.0.